The van der Waals surface area contributed by atoms with Crippen LogP contribution in [0.3, 0.4) is 0 Å². The van der Waals surface area contributed by atoms with Crippen molar-refractivity contribution in [3.05, 3.63) is 89.6 Å². The van der Waals surface area contributed by atoms with Gasteiger partial charge in [-0.2, -0.15) is 0 Å². The summed E-state index contributed by atoms with van der Waals surface area (Å²) in [4.78, 5) is 11.5. The number of carbonyl (C=O) groups excluding carboxylic acids is 1. The standard InChI is InChI=1S/C39H52O7/c1-8-46-34(43)22-16-25(2)15-21-33(42)27(4)32(41)14-12-10-9-11-13-30-26(3)23-31-36(38(5,6)24-39(31,7)45)35(30)37(44)28-17-19-29(40)20-18-28/h9-10,12,14-20,22-23,27,30-33,35-37,40-42,44-45H,8,21,24H2,1-7H3/b10-9+,14-12-,22-16+,25-15+/t27-,30-,31+,32+,33+,35-,36-,37-,39+/m0/s1. The molecule has 1 saturated carbocycles. The SMILES string of the molecule is CCOC(=O)/C=C/C(C)=C/C[C@@H](O)[C@@H](C)[C@H](O)/C=C\C=C\C#C[C@H]1C(C)=C[C@@H]2[C@@H]([C@H]1[C@@H](O)c1ccc(O)cc1)C(C)(C)C[C@@]2(C)O. The predicted molar refractivity (Wildman–Crippen MR) is 181 cm³/mol. The van der Waals surface area contributed by atoms with Crippen molar-refractivity contribution < 1.29 is 35.1 Å². The number of rotatable bonds is 11. The summed E-state index contributed by atoms with van der Waals surface area (Å²) in [6.07, 6.45) is 12.1. The third kappa shape index (κ3) is 9.33. The minimum absolute atomic E-state index is 0.0199. The van der Waals surface area contributed by atoms with E-state index in [-0.39, 0.29) is 34.8 Å². The summed E-state index contributed by atoms with van der Waals surface area (Å²) in [7, 11) is 0. The molecule has 3 rings (SSSR count). The van der Waals surface area contributed by atoms with Gasteiger partial charge < -0.3 is 30.3 Å². The Balaban J connectivity index is 1.72. The van der Waals surface area contributed by atoms with Gasteiger partial charge in [-0.3, -0.25) is 0 Å². The summed E-state index contributed by atoms with van der Waals surface area (Å²) in [6, 6.07) is 6.63. The van der Waals surface area contributed by atoms with E-state index in [2.05, 4.69) is 31.8 Å². The highest BCUT2D eigenvalue weighted by atomic mass is 16.5. The van der Waals surface area contributed by atoms with Crippen LogP contribution in [0.25, 0.3) is 0 Å². The lowest BCUT2D eigenvalue weighted by atomic mass is 9.59. The number of aromatic hydroxyl groups is 1. The topological polar surface area (TPSA) is 127 Å². The van der Waals surface area contributed by atoms with Crippen molar-refractivity contribution in [2.45, 2.75) is 85.2 Å². The number of ether oxygens (including phenoxy) is 1. The summed E-state index contributed by atoms with van der Waals surface area (Å²) < 4.78 is 4.86. The minimum Gasteiger partial charge on any atom is -0.508 e. The Morgan fingerprint density at radius 2 is 1.78 bits per heavy atom. The van der Waals surface area contributed by atoms with E-state index in [0.717, 1.165) is 11.1 Å². The Kier molecular flexibility index (Phi) is 12.8. The number of aliphatic hydroxyl groups is 4. The van der Waals surface area contributed by atoms with Gasteiger partial charge in [0.05, 0.1) is 30.5 Å². The Morgan fingerprint density at radius 3 is 2.43 bits per heavy atom. The fraction of sp³-hybridized carbons (Fsp3) is 0.513. The molecule has 0 spiro atoms. The molecule has 0 unspecified atom stereocenters. The molecule has 2 aliphatic carbocycles. The van der Waals surface area contributed by atoms with Gasteiger partial charge in [-0.25, -0.2) is 4.79 Å². The third-order valence-corrected chi connectivity index (χ3v) is 9.59. The molecule has 0 aromatic heterocycles. The van der Waals surface area contributed by atoms with E-state index in [9.17, 15) is 30.3 Å². The highest BCUT2D eigenvalue weighted by Crippen LogP contribution is 2.61. The molecule has 1 aromatic carbocycles. The van der Waals surface area contributed by atoms with Crippen LogP contribution in [0.2, 0.25) is 0 Å². The van der Waals surface area contributed by atoms with E-state index in [0.29, 0.717) is 25.0 Å². The lowest BCUT2D eigenvalue weighted by Crippen LogP contribution is -2.43. The van der Waals surface area contributed by atoms with Crippen LogP contribution < -0.4 is 0 Å². The second-order valence-electron chi connectivity index (χ2n) is 13.8. The Bertz CT molecular complexity index is 1400. The van der Waals surface area contributed by atoms with Gasteiger partial charge in [-0.05, 0) is 75.6 Å². The molecular weight excluding hydrogens is 580 g/mol. The van der Waals surface area contributed by atoms with Crippen molar-refractivity contribution in [2.24, 2.45) is 35.0 Å². The van der Waals surface area contributed by atoms with Gasteiger partial charge in [0.25, 0.3) is 0 Å². The fourth-order valence-corrected chi connectivity index (χ4v) is 7.26. The number of hydrogen-bond acceptors (Lipinski definition) is 7. The number of fused-ring (bicyclic) bond motifs is 1. The molecule has 46 heavy (non-hydrogen) atoms. The van der Waals surface area contributed by atoms with Crippen molar-refractivity contribution in [2.75, 3.05) is 6.61 Å². The highest BCUT2D eigenvalue weighted by Gasteiger charge is 2.59. The van der Waals surface area contributed by atoms with E-state index in [1.165, 1.54) is 6.08 Å². The molecule has 0 heterocycles. The van der Waals surface area contributed by atoms with Crippen molar-refractivity contribution in [3.63, 3.8) is 0 Å². The number of carbonyl (C=O) groups is 1. The first-order chi connectivity index (χ1) is 21.6. The lowest BCUT2D eigenvalue weighted by molar-refractivity contribution is -0.137. The number of hydrogen-bond donors (Lipinski definition) is 5. The molecule has 7 nitrogen and oxygen atoms in total. The van der Waals surface area contributed by atoms with Gasteiger partial charge >= 0.3 is 5.97 Å². The zero-order valence-corrected chi connectivity index (χ0v) is 28.2. The average molecular weight is 633 g/mol. The van der Waals surface area contributed by atoms with Gasteiger partial charge in [-0.15, -0.1) is 0 Å². The number of phenols is 1. The summed E-state index contributed by atoms with van der Waals surface area (Å²) in [6.45, 7) is 13.8. The summed E-state index contributed by atoms with van der Waals surface area (Å²) in [5, 5.41) is 54.1. The molecule has 9 atom stereocenters. The maximum absolute atomic E-state index is 11.7. The molecule has 1 aromatic rings. The van der Waals surface area contributed by atoms with Crippen LogP contribution in [0.5, 0.6) is 5.75 Å². The van der Waals surface area contributed by atoms with Gasteiger partial charge in [0.1, 0.15) is 5.75 Å². The number of benzene rings is 1. The third-order valence-electron chi connectivity index (χ3n) is 9.59. The molecule has 5 N–H and O–H groups in total. The maximum atomic E-state index is 11.7. The second kappa shape index (κ2) is 15.9. The Morgan fingerprint density at radius 1 is 1.11 bits per heavy atom. The zero-order chi connectivity index (χ0) is 34.2. The summed E-state index contributed by atoms with van der Waals surface area (Å²) >= 11 is 0. The smallest absolute Gasteiger partial charge is 0.330 e. The second-order valence-corrected chi connectivity index (χ2v) is 13.8. The molecular formula is C39H52O7. The minimum atomic E-state index is -0.896. The molecule has 0 aliphatic heterocycles. The molecule has 0 saturated heterocycles. The van der Waals surface area contributed by atoms with Crippen LogP contribution in [0.1, 0.15) is 73.0 Å². The Labute approximate surface area is 274 Å². The maximum Gasteiger partial charge on any atom is 0.330 e. The van der Waals surface area contributed by atoms with Crippen molar-refractivity contribution >= 4 is 5.97 Å². The molecule has 250 valence electrons. The van der Waals surface area contributed by atoms with Crippen molar-refractivity contribution in [3.8, 4) is 17.6 Å². The highest BCUT2D eigenvalue weighted by molar-refractivity contribution is 5.82. The molecule has 0 radical (unpaired) electrons. The van der Waals surface area contributed by atoms with E-state index < -0.39 is 35.8 Å². The predicted octanol–water partition coefficient (Wildman–Crippen LogP) is 5.96. The van der Waals surface area contributed by atoms with Gasteiger partial charge in [0.15, 0.2) is 0 Å². The average Bonchev–Trinajstić information content (AvgIpc) is 3.18. The summed E-state index contributed by atoms with van der Waals surface area (Å²) in [5.74, 6) is 5.13. The van der Waals surface area contributed by atoms with Crippen LogP contribution in [-0.4, -0.2) is 55.9 Å². The van der Waals surface area contributed by atoms with Crippen molar-refractivity contribution in [1.29, 1.82) is 0 Å². The van der Waals surface area contributed by atoms with Gasteiger partial charge in [0, 0.05) is 29.7 Å². The Hall–Kier alpha value is -3.41. The van der Waals surface area contributed by atoms with Crippen LogP contribution >= 0.6 is 0 Å². The molecule has 7 heteroatoms. The largest absolute Gasteiger partial charge is 0.508 e. The lowest BCUT2D eigenvalue weighted by Gasteiger charge is -2.45. The number of aliphatic hydroxyl groups excluding tert-OH is 3. The molecule has 0 amide bonds. The first kappa shape index (κ1) is 37.1. The quantitative estimate of drug-likeness (QED) is 0.0670. The normalized spacial score (nSPS) is 28.8. The van der Waals surface area contributed by atoms with Gasteiger partial charge in [0.2, 0.25) is 0 Å². The number of allylic oxidation sites excluding steroid dienone is 6. The fourth-order valence-electron chi connectivity index (χ4n) is 7.26. The first-order valence-corrected chi connectivity index (χ1v) is 16.2. The number of esters is 1. The van der Waals surface area contributed by atoms with Crippen molar-refractivity contribution in [1.82, 2.24) is 0 Å². The first-order valence-electron chi connectivity index (χ1n) is 16.2. The molecule has 1 fully saturated rings. The molecule has 0 bridgehead atoms. The van der Waals surface area contributed by atoms with Crippen LogP contribution in [0.15, 0.2) is 84.0 Å². The van der Waals surface area contributed by atoms with Crippen LogP contribution in [-0.2, 0) is 9.53 Å². The van der Waals surface area contributed by atoms with E-state index in [1.807, 2.05) is 26.8 Å². The number of phenolic OH excluding ortho intramolecular Hbond substituents is 1. The zero-order valence-electron chi connectivity index (χ0n) is 28.2. The van der Waals surface area contributed by atoms with Crippen LogP contribution in [0.4, 0.5) is 0 Å². The van der Waals surface area contributed by atoms with E-state index in [4.69, 9.17) is 4.74 Å². The van der Waals surface area contributed by atoms with E-state index >= 15 is 0 Å². The van der Waals surface area contributed by atoms with Gasteiger partial charge in [-0.1, -0.05) is 92.3 Å². The van der Waals surface area contributed by atoms with Crippen LogP contribution in [0, 0.1) is 46.8 Å². The monoisotopic (exact) mass is 632 g/mol. The van der Waals surface area contributed by atoms with E-state index in [1.54, 1.807) is 68.5 Å². The summed E-state index contributed by atoms with van der Waals surface area (Å²) in [5.41, 5.74) is 1.39. The molecule has 2 aliphatic rings.